The Morgan fingerprint density at radius 3 is 2.82 bits per heavy atom. The molecular formula is C26H31FN4O3. The molecule has 3 N–H and O–H groups in total. The fourth-order valence-electron chi connectivity index (χ4n) is 4.94. The molecule has 1 aromatic heterocycles. The number of Topliss-reactive ketones (excluding diaryl/α,β-unsaturated/α-hetero) is 1. The second kappa shape index (κ2) is 9.93. The van der Waals surface area contributed by atoms with Crippen LogP contribution in [-0.4, -0.2) is 53.7 Å². The van der Waals surface area contributed by atoms with Crippen molar-refractivity contribution in [2.24, 2.45) is 0 Å². The van der Waals surface area contributed by atoms with Gasteiger partial charge in [-0.15, -0.1) is 0 Å². The molecule has 0 radical (unpaired) electrons. The summed E-state index contributed by atoms with van der Waals surface area (Å²) in [4.78, 5) is 43.0. The molecule has 0 bridgehead atoms. The molecule has 0 aliphatic carbocycles. The van der Waals surface area contributed by atoms with Crippen molar-refractivity contribution in [2.45, 2.75) is 52.0 Å². The summed E-state index contributed by atoms with van der Waals surface area (Å²) in [6.07, 6.45) is 6.32. The molecular weight excluding hydrogens is 435 g/mol. The average Bonchev–Trinajstić information content (AvgIpc) is 3.42. The van der Waals surface area contributed by atoms with E-state index in [9.17, 15) is 18.8 Å². The summed E-state index contributed by atoms with van der Waals surface area (Å²) in [7, 11) is 2.13. The third-order valence-electron chi connectivity index (χ3n) is 6.87. The van der Waals surface area contributed by atoms with Gasteiger partial charge in [0.25, 0.3) is 11.8 Å². The van der Waals surface area contributed by atoms with Crippen molar-refractivity contribution in [3.05, 3.63) is 52.1 Å². The van der Waals surface area contributed by atoms with Gasteiger partial charge in [0.2, 0.25) is 0 Å². The van der Waals surface area contributed by atoms with Gasteiger partial charge in [0, 0.05) is 35.1 Å². The normalized spacial score (nSPS) is 18.9. The lowest BCUT2D eigenvalue weighted by Gasteiger charge is -2.18. The van der Waals surface area contributed by atoms with Crippen LogP contribution >= 0.6 is 0 Å². The van der Waals surface area contributed by atoms with E-state index in [4.69, 9.17) is 0 Å². The van der Waals surface area contributed by atoms with E-state index in [1.807, 2.05) is 0 Å². The van der Waals surface area contributed by atoms with Gasteiger partial charge in [-0.3, -0.25) is 14.4 Å². The van der Waals surface area contributed by atoms with Gasteiger partial charge in [0.05, 0.1) is 17.7 Å². The average molecular weight is 467 g/mol. The van der Waals surface area contributed by atoms with Crippen LogP contribution in [0.2, 0.25) is 0 Å². The molecule has 180 valence electrons. The van der Waals surface area contributed by atoms with Crippen molar-refractivity contribution in [3.63, 3.8) is 0 Å². The highest BCUT2D eigenvalue weighted by molar-refractivity contribution is 6.34. The number of nitrogens with zero attached hydrogens (tertiary/aromatic N) is 1. The summed E-state index contributed by atoms with van der Waals surface area (Å²) in [5.41, 5.74) is 3.70. The van der Waals surface area contributed by atoms with Crippen LogP contribution in [0.4, 0.5) is 10.1 Å². The number of rotatable bonds is 8. The minimum absolute atomic E-state index is 0.00508. The maximum atomic E-state index is 13.7. The van der Waals surface area contributed by atoms with Gasteiger partial charge in [0.15, 0.2) is 5.78 Å². The Bertz CT molecular complexity index is 1170. The highest BCUT2D eigenvalue weighted by atomic mass is 19.1. The number of H-pyrrole nitrogens is 1. The van der Waals surface area contributed by atoms with E-state index in [2.05, 4.69) is 27.6 Å². The number of likely N-dealkylation sites (tertiary alicyclic amines) is 1. The van der Waals surface area contributed by atoms with E-state index in [1.165, 1.54) is 31.0 Å². The van der Waals surface area contributed by atoms with Crippen LogP contribution in [0.25, 0.3) is 11.6 Å². The van der Waals surface area contributed by atoms with E-state index >= 15 is 0 Å². The molecule has 2 aliphatic heterocycles. The van der Waals surface area contributed by atoms with Crippen molar-refractivity contribution in [3.8, 4) is 0 Å². The Labute approximate surface area is 198 Å². The molecule has 4 rings (SSSR count). The SMILES string of the molecule is Cc1[nH]c(/C=C2\C(=O)Nc3ccc(F)cc32)c(C)c1C(=O)NCC(=O)CCCC1CCCN1C. The Kier molecular flexibility index (Phi) is 6.97. The molecule has 3 heterocycles. The van der Waals surface area contributed by atoms with Gasteiger partial charge in [-0.2, -0.15) is 0 Å². The second-order valence-corrected chi connectivity index (χ2v) is 9.26. The van der Waals surface area contributed by atoms with Gasteiger partial charge in [0.1, 0.15) is 5.82 Å². The number of benzene rings is 1. The van der Waals surface area contributed by atoms with Crippen LogP contribution in [0.1, 0.15) is 65.0 Å². The number of hydrogen-bond donors (Lipinski definition) is 3. The number of ketones is 1. The number of halogens is 1. The first-order valence-electron chi connectivity index (χ1n) is 11.8. The predicted octanol–water partition coefficient (Wildman–Crippen LogP) is 3.83. The van der Waals surface area contributed by atoms with Crippen molar-refractivity contribution < 1.29 is 18.8 Å². The summed E-state index contributed by atoms with van der Waals surface area (Å²) in [5, 5.41) is 5.46. The van der Waals surface area contributed by atoms with Gasteiger partial charge in [-0.05, 0) is 83.0 Å². The first-order valence-corrected chi connectivity index (χ1v) is 11.8. The van der Waals surface area contributed by atoms with E-state index in [0.717, 1.165) is 19.4 Å². The number of aromatic amines is 1. The van der Waals surface area contributed by atoms with E-state index in [-0.39, 0.29) is 24.1 Å². The van der Waals surface area contributed by atoms with Crippen LogP contribution in [0.3, 0.4) is 0 Å². The number of aryl methyl sites for hydroxylation is 1. The van der Waals surface area contributed by atoms with Crippen molar-refractivity contribution in [2.75, 3.05) is 25.5 Å². The van der Waals surface area contributed by atoms with Crippen LogP contribution < -0.4 is 10.6 Å². The first-order chi connectivity index (χ1) is 16.2. The molecule has 7 nitrogen and oxygen atoms in total. The van der Waals surface area contributed by atoms with Crippen LogP contribution in [0.5, 0.6) is 0 Å². The fraction of sp³-hybridized carbons (Fsp3) is 0.423. The summed E-state index contributed by atoms with van der Waals surface area (Å²) in [6.45, 7) is 4.67. The monoisotopic (exact) mass is 466 g/mol. The second-order valence-electron chi connectivity index (χ2n) is 9.26. The summed E-state index contributed by atoms with van der Waals surface area (Å²) in [5.74, 6) is -1.07. The molecule has 1 fully saturated rings. The number of carbonyl (C=O) groups is 3. The summed E-state index contributed by atoms with van der Waals surface area (Å²) in [6, 6.07) is 4.69. The highest BCUT2D eigenvalue weighted by Crippen LogP contribution is 2.34. The zero-order chi connectivity index (χ0) is 24.4. The zero-order valence-electron chi connectivity index (χ0n) is 19.9. The third-order valence-corrected chi connectivity index (χ3v) is 6.87. The minimum atomic E-state index is -0.430. The first kappa shape index (κ1) is 23.9. The molecule has 1 aromatic carbocycles. The number of nitrogens with one attached hydrogen (secondary N) is 3. The van der Waals surface area contributed by atoms with Crippen LogP contribution in [0, 0.1) is 19.7 Å². The number of fused-ring (bicyclic) bond motifs is 1. The molecule has 0 spiro atoms. The lowest BCUT2D eigenvalue weighted by atomic mass is 10.0. The molecule has 0 saturated carbocycles. The lowest BCUT2D eigenvalue weighted by molar-refractivity contribution is -0.118. The smallest absolute Gasteiger partial charge is 0.256 e. The highest BCUT2D eigenvalue weighted by Gasteiger charge is 2.26. The maximum absolute atomic E-state index is 13.7. The van der Waals surface area contributed by atoms with Gasteiger partial charge in [-0.1, -0.05) is 0 Å². The topological polar surface area (TPSA) is 94.3 Å². The zero-order valence-corrected chi connectivity index (χ0v) is 19.9. The molecule has 1 atom stereocenters. The van der Waals surface area contributed by atoms with Crippen molar-refractivity contribution in [1.29, 1.82) is 0 Å². The third kappa shape index (κ3) is 4.97. The fourth-order valence-corrected chi connectivity index (χ4v) is 4.94. The molecule has 2 aliphatic rings. The molecule has 1 saturated heterocycles. The van der Waals surface area contributed by atoms with E-state index in [0.29, 0.717) is 51.8 Å². The Morgan fingerprint density at radius 2 is 2.09 bits per heavy atom. The number of carbonyl (C=O) groups excluding carboxylic acids is 3. The molecule has 2 amide bonds. The predicted molar refractivity (Wildman–Crippen MR) is 130 cm³/mol. The maximum Gasteiger partial charge on any atom is 0.256 e. The molecule has 8 heteroatoms. The number of aromatic nitrogens is 1. The molecule has 2 aromatic rings. The standard InChI is InChI=1S/C26H31FN4O3/c1-15-23(13-21-20-12-17(27)9-10-22(20)30-25(21)33)29-16(2)24(15)26(34)28-14-19(32)8-4-6-18-7-5-11-31(18)3/h9-10,12-13,18,29H,4-8,11,14H2,1-3H3,(H,28,34)(H,30,33)/b21-13-. The van der Waals surface area contributed by atoms with Crippen LogP contribution in [-0.2, 0) is 9.59 Å². The summed E-state index contributed by atoms with van der Waals surface area (Å²) < 4.78 is 13.7. The number of hydrogen-bond acceptors (Lipinski definition) is 4. The Hall–Kier alpha value is -3.26. The van der Waals surface area contributed by atoms with Gasteiger partial charge in [-0.25, -0.2) is 4.39 Å². The molecule has 1 unspecified atom stereocenters. The Balaban J connectivity index is 1.39. The van der Waals surface area contributed by atoms with E-state index in [1.54, 1.807) is 19.9 Å². The quantitative estimate of drug-likeness (QED) is 0.516. The lowest BCUT2D eigenvalue weighted by Crippen LogP contribution is -2.30. The van der Waals surface area contributed by atoms with E-state index < -0.39 is 5.82 Å². The van der Waals surface area contributed by atoms with Crippen LogP contribution in [0.15, 0.2) is 18.2 Å². The largest absolute Gasteiger partial charge is 0.358 e. The van der Waals surface area contributed by atoms with Gasteiger partial charge < -0.3 is 20.5 Å². The van der Waals surface area contributed by atoms with Crippen molar-refractivity contribution >= 4 is 34.9 Å². The number of anilines is 1. The Morgan fingerprint density at radius 1 is 1.29 bits per heavy atom. The van der Waals surface area contributed by atoms with Crippen molar-refractivity contribution in [1.82, 2.24) is 15.2 Å². The number of amides is 2. The minimum Gasteiger partial charge on any atom is -0.358 e. The van der Waals surface area contributed by atoms with Gasteiger partial charge >= 0.3 is 0 Å². The molecule has 34 heavy (non-hydrogen) atoms. The summed E-state index contributed by atoms with van der Waals surface area (Å²) >= 11 is 0.